The van der Waals surface area contributed by atoms with Crippen LogP contribution in [0, 0.1) is 5.82 Å². The van der Waals surface area contributed by atoms with Crippen molar-refractivity contribution in [2.75, 3.05) is 26.8 Å². The summed E-state index contributed by atoms with van der Waals surface area (Å²) >= 11 is 0. The van der Waals surface area contributed by atoms with Crippen LogP contribution in [0.3, 0.4) is 0 Å². The lowest BCUT2D eigenvalue weighted by Gasteiger charge is -2.27. The molecule has 0 radical (unpaired) electrons. The highest BCUT2D eigenvalue weighted by Crippen LogP contribution is 2.31. The van der Waals surface area contributed by atoms with Crippen molar-refractivity contribution >= 4 is 5.97 Å². The largest absolute Gasteiger partial charge is 0.494 e. The van der Waals surface area contributed by atoms with Crippen molar-refractivity contribution in [1.29, 1.82) is 0 Å². The monoisotopic (exact) mass is 295 g/mol. The quantitative estimate of drug-likeness (QED) is 0.756. The lowest BCUT2D eigenvalue weighted by atomic mass is 10.0. The van der Waals surface area contributed by atoms with Crippen LogP contribution in [-0.4, -0.2) is 37.7 Å². The second-order valence-electron chi connectivity index (χ2n) is 5.16. The van der Waals surface area contributed by atoms with Gasteiger partial charge in [-0.1, -0.05) is 6.07 Å². The number of esters is 1. The number of carbonyl (C=O) groups is 1. The average Bonchev–Trinajstić information content (AvgIpc) is 2.99. The molecular weight excluding hydrogens is 273 g/mol. The topological polar surface area (TPSA) is 38.8 Å². The van der Waals surface area contributed by atoms with E-state index in [9.17, 15) is 9.18 Å². The van der Waals surface area contributed by atoms with E-state index in [1.807, 2.05) is 6.07 Å². The van der Waals surface area contributed by atoms with Gasteiger partial charge < -0.3 is 9.47 Å². The zero-order valence-electron chi connectivity index (χ0n) is 12.6. The van der Waals surface area contributed by atoms with E-state index in [4.69, 9.17) is 9.47 Å². The van der Waals surface area contributed by atoms with Crippen LogP contribution in [0.25, 0.3) is 0 Å². The predicted molar refractivity (Wildman–Crippen MR) is 77.8 cm³/mol. The van der Waals surface area contributed by atoms with Crippen LogP contribution in [0.2, 0.25) is 0 Å². The molecule has 1 aromatic carbocycles. The maximum atomic E-state index is 13.9. The molecule has 1 fully saturated rings. The fraction of sp³-hybridized carbons (Fsp3) is 0.562. The first kappa shape index (κ1) is 15.8. The van der Waals surface area contributed by atoms with Crippen LogP contribution in [0.1, 0.15) is 37.8 Å². The molecule has 1 unspecified atom stereocenters. The highest BCUT2D eigenvalue weighted by Gasteiger charge is 2.27. The normalized spacial score (nSPS) is 16.7. The van der Waals surface area contributed by atoms with Crippen LogP contribution in [-0.2, 0) is 9.53 Å². The van der Waals surface area contributed by atoms with Crippen LogP contribution >= 0.6 is 0 Å². The van der Waals surface area contributed by atoms with Crippen molar-refractivity contribution in [3.63, 3.8) is 0 Å². The minimum atomic E-state index is -0.400. The van der Waals surface area contributed by atoms with Crippen LogP contribution in [0.5, 0.6) is 5.75 Å². The fourth-order valence-corrected chi connectivity index (χ4v) is 2.78. The minimum absolute atomic E-state index is 0.132. The van der Waals surface area contributed by atoms with Gasteiger partial charge in [0, 0.05) is 6.04 Å². The molecule has 1 atom stereocenters. The van der Waals surface area contributed by atoms with Crippen LogP contribution < -0.4 is 4.74 Å². The Morgan fingerprint density at radius 2 is 2.10 bits per heavy atom. The first-order valence-corrected chi connectivity index (χ1v) is 7.38. The average molecular weight is 295 g/mol. The molecule has 21 heavy (non-hydrogen) atoms. The van der Waals surface area contributed by atoms with E-state index < -0.39 is 5.82 Å². The summed E-state index contributed by atoms with van der Waals surface area (Å²) in [4.78, 5) is 14.0. The number of rotatable bonds is 6. The van der Waals surface area contributed by atoms with Crippen molar-refractivity contribution in [2.24, 2.45) is 0 Å². The van der Waals surface area contributed by atoms with Crippen LogP contribution in [0.15, 0.2) is 18.2 Å². The molecule has 5 heteroatoms. The van der Waals surface area contributed by atoms with Gasteiger partial charge in [0.2, 0.25) is 0 Å². The molecule has 2 rings (SSSR count). The molecule has 0 aromatic heterocycles. The summed E-state index contributed by atoms with van der Waals surface area (Å²) in [6.07, 6.45) is 2.47. The van der Waals surface area contributed by atoms with E-state index in [0.717, 1.165) is 31.5 Å². The van der Waals surface area contributed by atoms with E-state index in [1.54, 1.807) is 13.0 Å². The summed E-state index contributed by atoms with van der Waals surface area (Å²) in [5.74, 6) is -0.427. The van der Waals surface area contributed by atoms with E-state index >= 15 is 0 Å². The van der Waals surface area contributed by atoms with Crippen molar-refractivity contribution in [2.45, 2.75) is 32.2 Å². The number of halogens is 1. The standard InChI is InChI=1S/C16H22FNO3/c1-3-21-16(19)11-14(18-8-4-5-9-18)12-6-7-15(20-2)13(17)10-12/h6-7,10,14H,3-5,8-9,11H2,1-2H3. The molecule has 1 saturated heterocycles. The zero-order valence-corrected chi connectivity index (χ0v) is 12.6. The van der Waals surface area contributed by atoms with Crippen molar-refractivity contribution in [1.82, 2.24) is 4.90 Å². The molecule has 0 saturated carbocycles. The lowest BCUT2D eigenvalue weighted by molar-refractivity contribution is -0.144. The van der Waals surface area contributed by atoms with Gasteiger partial charge in [-0.3, -0.25) is 9.69 Å². The molecule has 0 bridgehead atoms. The van der Waals surface area contributed by atoms with Gasteiger partial charge in [-0.2, -0.15) is 0 Å². The Morgan fingerprint density at radius 3 is 2.67 bits per heavy atom. The molecular formula is C16H22FNO3. The Bertz CT molecular complexity index is 486. The Balaban J connectivity index is 2.21. The summed E-state index contributed by atoms with van der Waals surface area (Å²) in [6, 6.07) is 4.76. The van der Waals surface area contributed by atoms with Gasteiger partial charge >= 0.3 is 5.97 Å². The molecule has 0 amide bonds. The number of hydrogen-bond donors (Lipinski definition) is 0. The van der Waals surface area contributed by atoms with E-state index in [1.165, 1.54) is 13.2 Å². The molecule has 0 spiro atoms. The molecule has 1 aromatic rings. The number of likely N-dealkylation sites (tertiary alicyclic amines) is 1. The summed E-state index contributed by atoms with van der Waals surface area (Å²) in [5, 5.41) is 0. The molecule has 1 heterocycles. The Kier molecular flexibility index (Phi) is 5.56. The summed E-state index contributed by atoms with van der Waals surface area (Å²) in [6.45, 7) is 4.01. The molecule has 0 N–H and O–H groups in total. The van der Waals surface area contributed by atoms with E-state index in [0.29, 0.717) is 6.61 Å². The maximum Gasteiger partial charge on any atom is 0.307 e. The van der Waals surface area contributed by atoms with Gasteiger partial charge in [-0.15, -0.1) is 0 Å². The predicted octanol–water partition coefficient (Wildman–Crippen LogP) is 2.92. The molecule has 1 aliphatic heterocycles. The van der Waals surface area contributed by atoms with Gasteiger partial charge in [-0.25, -0.2) is 4.39 Å². The second kappa shape index (κ2) is 7.41. The minimum Gasteiger partial charge on any atom is -0.494 e. The Labute approximate surface area is 124 Å². The number of methoxy groups -OCH3 is 1. The lowest BCUT2D eigenvalue weighted by Crippen LogP contribution is -2.28. The zero-order chi connectivity index (χ0) is 15.2. The number of carbonyl (C=O) groups excluding carboxylic acids is 1. The Hall–Kier alpha value is -1.62. The highest BCUT2D eigenvalue weighted by atomic mass is 19.1. The summed E-state index contributed by atoms with van der Waals surface area (Å²) in [7, 11) is 1.44. The first-order valence-electron chi connectivity index (χ1n) is 7.38. The summed E-state index contributed by atoms with van der Waals surface area (Å²) < 4.78 is 23.9. The molecule has 1 aliphatic rings. The molecule has 0 aliphatic carbocycles. The van der Waals surface area contributed by atoms with Crippen molar-refractivity contribution in [3.8, 4) is 5.75 Å². The molecule has 4 nitrogen and oxygen atoms in total. The third kappa shape index (κ3) is 3.94. The van der Waals surface area contributed by atoms with E-state index in [-0.39, 0.29) is 24.2 Å². The number of ether oxygens (including phenoxy) is 2. The molecule has 116 valence electrons. The van der Waals surface area contributed by atoms with Gasteiger partial charge in [-0.05, 0) is 50.6 Å². The van der Waals surface area contributed by atoms with Crippen LogP contribution in [0.4, 0.5) is 4.39 Å². The SMILES string of the molecule is CCOC(=O)CC(c1ccc(OC)c(F)c1)N1CCCC1. The Morgan fingerprint density at radius 1 is 1.38 bits per heavy atom. The van der Waals surface area contributed by atoms with Gasteiger partial charge in [0.1, 0.15) is 0 Å². The summed E-state index contributed by atoms with van der Waals surface area (Å²) in [5.41, 5.74) is 0.795. The maximum absolute atomic E-state index is 13.9. The second-order valence-corrected chi connectivity index (χ2v) is 5.16. The fourth-order valence-electron chi connectivity index (χ4n) is 2.78. The number of benzene rings is 1. The number of hydrogen-bond acceptors (Lipinski definition) is 4. The first-order chi connectivity index (χ1) is 10.2. The van der Waals surface area contributed by atoms with Gasteiger partial charge in [0.05, 0.1) is 20.1 Å². The van der Waals surface area contributed by atoms with Gasteiger partial charge in [0.15, 0.2) is 11.6 Å². The highest BCUT2D eigenvalue weighted by molar-refractivity contribution is 5.70. The van der Waals surface area contributed by atoms with Gasteiger partial charge in [0.25, 0.3) is 0 Å². The third-order valence-electron chi connectivity index (χ3n) is 3.81. The van der Waals surface area contributed by atoms with Crippen molar-refractivity contribution in [3.05, 3.63) is 29.6 Å². The van der Waals surface area contributed by atoms with Crippen molar-refractivity contribution < 1.29 is 18.7 Å². The smallest absolute Gasteiger partial charge is 0.307 e. The van der Waals surface area contributed by atoms with E-state index in [2.05, 4.69) is 4.90 Å². The number of nitrogens with zero attached hydrogens (tertiary/aromatic N) is 1. The third-order valence-corrected chi connectivity index (χ3v) is 3.81.